The molecule has 0 saturated heterocycles. The molecule has 0 aliphatic rings. The average Bonchev–Trinajstić information content (AvgIpc) is 2.51. The number of aliphatic hydroxyl groups excluding tert-OH is 4. The van der Waals surface area contributed by atoms with Crippen molar-refractivity contribution < 1.29 is 30.0 Å². The van der Waals surface area contributed by atoms with E-state index in [2.05, 4.69) is 5.32 Å². The summed E-state index contributed by atoms with van der Waals surface area (Å²) in [6, 6.07) is 7.63. The normalized spacial score (nSPS) is 17.9. The Morgan fingerprint density at radius 2 is 1.77 bits per heavy atom. The van der Waals surface area contributed by atoms with Crippen LogP contribution in [0.25, 0.3) is 0 Å². The van der Waals surface area contributed by atoms with Gasteiger partial charge in [-0.2, -0.15) is 0 Å². The lowest BCUT2D eigenvalue weighted by Crippen LogP contribution is -2.72. The molecule has 7 N–H and O–H groups in total. The van der Waals surface area contributed by atoms with Gasteiger partial charge < -0.3 is 25.7 Å². The lowest BCUT2D eigenvalue weighted by Gasteiger charge is -2.36. The lowest BCUT2D eigenvalue weighted by molar-refractivity contribution is -0.127. The largest absolute Gasteiger partial charge is 0.394 e. The van der Waals surface area contributed by atoms with Crippen molar-refractivity contribution in [1.29, 1.82) is 0 Å². The molecule has 22 heavy (non-hydrogen) atoms. The second kappa shape index (κ2) is 7.43. The minimum absolute atomic E-state index is 0.100. The number of hydrogen-bond donors (Lipinski definition) is 6. The first-order valence-electron chi connectivity index (χ1n) is 6.56. The molecule has 0 radical (unpaired) electrons. The maximum Gasteiger partial charge on any atom is 0.218 e. The number of carbonyl (C=O) groups is 2. The second-order valence-electron chi connectivity index (χ2n) is 4.93. The van der Waals surface area contributed by atoms with Gasteiger partial charge in [-0.3, -0.25) is 15.3 Å². The predicted molar refractivity (Wildman–Crippen MR) is 76.6 cm³/mol. The molecule has 1 aromatic rings. The zero-order chi connectivity index (χ0) is 16.9. The quantitative estimate of drug-likeness (QED) is 0.245. The van der Waals surface area contributed by atoms with Gasteiger partial charge in [0.05, 0.1) is 6.61 Å². The van der Waals surface area contributed by atoms with Crippen LogP contribution in [0.4, 0.5) is 0 Å². The van der Waals surface area contributed by atoms with Gasteiger partial charge >= 0.3 is 0 Å². The van der Waals surface area contributed by atoms with E-state index in [-0.39, 0.29) is 5.56 Å². The zero-order valence-electron chi connectivity index (χ0n) is 12.0. The Morgan fingerprint density at radius 1 is 1.23 bits per heavy atom. The van der Waals surface area contributed by atoms with Gasteiger partial charge in [-0.05, 0) is 0 Å². The van der Waals surface area contributed by atoms with Crippen molar-refractivity contribution in [3.8, 4) is 0 Å². The molecule has 0 bridgehead atoms. The van der Waals surface area contributed by atoms with E-state index in [0.717, 1.165) is 6.92 Å². The molecule has 4 atom stereocenters. The number of benzene rings is 1. The Kier molecular flexibility index (Phi) is 6.15. The highest BCUT2D eigenvalue weighted by Crippen LogP contribution is 2.17. The van der Waals surface area contributed by atoms with E-state index < -0.39 is 42.3 Å². The van der Waals surface area contributed by atoms with Crippen LogP contribution in [0, 0.1) is 0 Å². The third-order valence-corrected chi connectivity index (χ3v) is 3.17. The summed E-state index contributed by atoms with van der Waals surface area (Å²) in [4.78, 5) is 23.8. The molecule has 0 saturated carbocycles. The van der Waals surface area contributed by atoms with E-state index in [1.165, 1.54) is 12.1 Å². The standard InChI is InChI=1S/C14H20N2O6/c1-8(18)16-14(15,13(22)11(20)10(19)7-17)12(21)9-5-3-2-4-6-9/h2-6,10-11,13,17,19-20,22H,7,15H2,1H3,(H,16,18)/t10-,11-,13+,14+/m1/s1. The smallest absolute Gasteiger partial charge is 0.218 e. The van der Waals surface area contributed by atoms with Crippen LogP contribution in [0.15, 0.2) is 30.3 Å². The van der Waals surface area contributed by atoms with Crippen molar-refractivity contribution >= 4 is 11.7 Å². The van der Waals surface area contributed by atoms with Crippen LogP contribution in [0.1, 0.15) is 17.3 Å². The van der Waals surface area contributed by atoms with Gasteiger partial charge in [0.2, 0.25) is 11.7 Å². The summed E-state index contributed by atoms with van der Waals surface area (Å²) in [6.07, 6.45) is -5.70. The summed E-state index contributed by atoms with van der Waals surface area (Å²) >= 11 is 0. The van der Waals surface area contributed by atoms with Crippen molar-refractivity contribution in [3.63, 3.8) is 0 Å². The van der Waals surface area contributed by atoms with Gasteiger partial charge in [0, 0.05) is 12.5 Å². The molecule has 0 spiro atoms. The molecule has 8 nitrogen and oxygen atoms in total. The Labute approximate surface area is 127 Å². The monoisotopic (exact) mass is 312 g/mol. The minimum Gasteiger partial charge on any atom is -0.394 e. The fraction of sp³-hybridized carbons (Fsp3) is 0.429. The number of amides is 1. The molecule has 0 aliphatic heterocycles. The summed E-state index contributed by atoms with van der Waals surface area (Å²) in [5, 5.41) is 40.3. The Balaban J connectivity index is 3.19. The van der Waals surface area contributed by atoms with Crippen molar-refractivity contribution in [2.75, 3.05) is 6.61 Å². The molecule has 1 rings (SSSR count). The summed E-state index contributed by atoms with van der Waals surface area (Å²) < 4.78 is 0. The summed E-state index contributed by atoms with van der Waals surface area (Å²) in [6.45, 7) is 0.232. The predicted octanol–water partition coefficient (Wildman–Crippen LogP) is -2.26. The number of nitrogens with two attached hydrogens (primary N) is 1. The van der Waals surface area contributed by atoms with E-state index in [9.17, 15) is 24.9 Å². The van der Waals surface area contributed by atoms with Crippen molar-refractivity contribution in [2.24, 2.45) is 5.73 Å². The Hall–Kier alpha value is -1.84. The number of hydrogen-bond acceptors (Lipinski definition) is 7. The maximum atomic E-state index is 12.5. The van der Waals surface area contributed by atoms with Crippen molar-refractivity contribution in [3.05, 3.63) is 35.9 Å². The van der Waals surface area contributed by atoms with Gasteiger partial charge in [0.1, 0.15) is 18.3 Å². The van der Waals surface area contributed by atoms with Crippen LogP contribution in [0.3, 0.4) is 0 Å². The fourth-order valence-corrected chi connectivity index (χ4v) is 1.97. The summed E-state index contributed by atoms with van der Waals surface area (Å²) in [5.74, 6) is -1.56. The van der Waals surface area contributed by atoms with Gasteiger partial charge in [0.15, 0.2) is 5.66 Å². The molecule has 1 aromatic carbocycles. The fourth-order valence-electron chi connectivity index (χ4n) is 1.97. The molecular formula is C14H20N2O6. The number of Topliss-reactive ketones (excluding diaryl/α,β-unsaturated/α-hetero) is 1. The van der Waals surface area contributed by atoms with Crippen LogP contribution < -0.4 is 11.1 Å². The van der Waals surface area contributed by atoms with Gasteiger partial charge in [-0.15, -0.1) is 0 Å². The SMILES string of the molecule is CC(=O)N[C@@](N)(C(=O)c1ccccc1)[C@@H](O)[C@H](O)[C@H](O)CO. The third-order valence-electron chi connectivity index (χ3n) is 3.17. The van der Waals surface area contributed by atoms with E-state index in [1.807, 2.05) is 0 Å². The number of ketones is 1. The molecule has 122 valence electrons. The first-order valence-corrected chi connectivity index (χ1v) is 6.56. The van der Waals surface area contributed by atoms with Crippen molar-refractivity contribution in [1.82, 2.24) is 5.32 Å². The van der Waals surface area contributed by atoms with E-state index in [4.69, 9.17) is 10.8 Å². The highest BCUT2D eigenvalue weighted by atomic mass is 16.4. The zero-order valence-corrected chi connectivity index (χ0v) is 12.0. The second-order valence-corrected chi connectivity index (χ2v) is 4.93. The molecule has 0 aliphatic carbocycles. The van der Waals surface area contributed by atoms with Crippen LogP contribution in [0.5, 0.6) is 0 Å². The first-order chi connectivity index (χ1) is 10.2. The van der Waals surface area contributed by atoms with Crippen LogP contribution >= 0.6 is 0 Å². The number of rotatable bonds is 7. The number of aliphatic hydroxyl groups is 4. The number of nitrogens with one attached hydrogen (secondary N) is 1. The van der Waals surface area contributed by atoms with Crippen molar-refractivity contribution in [2.45, 2.75) is 30.9 Å². The Morgan fingerprint density at radius 3 is 2.23 bits per heavy atom. The molecule has 0 unspecified atom stereocenters. The summed E-state index contributed by atoms with van der Waals surface area (Å²) in [7, 11) is 0. The topological polar surface area (TPSA) is 153 Å². The van der Waals surface area contributed by atoms with E-state index >= 15 is 0 Å². The van der Waals surface area contributed by atoms with E-state index in [0.29, 0.717) is 0 Å². The molecule has 0 aromatic heterocycles. The van der Waals surface area contributed by atoms with Crippen LogP contribution in [-0.2, 0) is 4.79 Å². The Bertz CT molecular complexity index is 523. The van der Waals surface area contributed by atoms with Gasteiger partial charge in [0.25, 0.3) is 0 Å². The minimum atomic E-state index is -2.36. The molecule has 1 amide bonds. The highest BCUT2D eigenvalue weighted by molar-refractivity contribution is 6.05. The molecule has 0 heterocycles. The van der Waals surface area contributed by atoms with Gasteiger partial charge in [-0.25, -0.2) is 0 Å². The first kappa shape index (κ1) is 18.2. The van der Waals surface area contributed by atoms with Crippen LogP contribution in [0.2, 0.25) is 0 Å². The molecule has 8 heteroatoms. The molecule has 0 fully saturated rings. The third kappa shape index (κ3) is 3.87. The van der Waals surface area contributed by atoms with Crippen LogP contribution in [-0.4, -0.2) is 62.7 Å². The average molecular weight is 312 g/mol. The number of carbonyl (C=O) groups excluding carboxylic acids is 2. The summed E-state index contributed by atoms with van der Waals surface area (Å²) in [5.41, 5.74) is 3.57. The molecular weight excluding hydrogens is 292 g/mol. The maximum absolute atomic E-state index is 12.5. The van der Waals surface area contributed by atoms with E-state index in [1.54, 1.807) is 18.2 Å². The highest BCUT2D eigenvalue weighted by Gasteiger charge is 2.47. The lowest BCUT2D eigenvalue weighted by atomic mass is 9.88. The van der Waals surface area contributed by atoms with Gasteiger partial charge in [-0.1, -0.05) is 30.3 Å².